The second-order valence-corrected chi connectivity index (χ2v) is 5.61. The highest BCUT2D eigenvalue weighted by molar-refractivity contribution is 7.98. The number of urea groups is 1. The Balaban J connectivity index is 4.28. The van der Waals surface area contributed by atoms with Crippen molar-refractivity contribution in [1.82, 2.24) is 10.6 Å². The summed E-state index contributed by atoms with van der Waals surface area (Å²) < 4.78 is 0. The molecule has 0 heterocycles. The molecule has 2 amide bonds. The van der Waals surface area contributed by atoms with E-state index in [9.17, 15) is 9.59 Å². The average molecular weight is 276 g/mol. The Hall–Kier alpha value is -0.910. The van der Waals surface area contributed by atoms with Crippen molar-refractivity contribution in [3.63, 3.8) is 0 Å². The number of amides is 2. The summed E-state index contributed by atoms with van der Waals surface area (Å²) in [5.41, 5.74) is 0. The van der Waals surface area contributed by atoms with Gasteiger partial charge in [0.25, 0.3) is 0 Å². The maximum Gasteiger partial charge on any atom is 0.326 e. The van der Waals surface area contributed by atoms with Gasteiger partial charge in [-0.1, -0.05) is 20.8 Å². The standard InChI is InChI=1S/C12H24N2O3S/c1-5-9(7-18-4)13-12(17)14-10(11(15)16)6-8(2)3/h8-10H,5-7H2,1-4H3,(H,15,16)(H2,13,14,17)/t9?,10-/m1/s1. The molecule has 0 radical (unpaired) electrons. The number of thioether (sulfide) groups is 1. The van der Waals surface area contributed by atoms with Crippen LogP contribution in [0.15, 0.2) is 0 Å². The molecule has 0 aromatic heterocycles. The van der Waals surface area contributed by atoms with Crippen molar-refractivity contribution in [2.45, 2.75) is 45.7 Å². The first-order valence-electron chi connectivity index (χ1n) is 6.19. The molecule has 0 aliphatic carbocycles. The quantitative estimate of drug-likeness (QED) is 0.633. The number of carbonyl (C=O) groups excluding carboxylic acids is 1. The van der Waals surface area contributed by atoms with Gasteiger partial charge in [0.05, 0.1) is 0 Å². The number of aliphatic carboxylic acids is 1. The Morgan fingerprint density at radius 2 is 1.89 bits per heavy atom. The van der Waals surface area contributed by atoms with E-state index in [0.29, 0.717) is 6.42 Å². The lowest BCUT2D eigenvalue weighted by atomic mass is 10.0. The number of carboxylic acid groups (broad SMARTS) is 1. The van der Waals surface area contributed by atoms with Gasteiger partial charge in [-0.05, 0) is 25.0 Å². The lowest BCUT2D eigenvalue weighted by Crippen LogP contribution is -2.49. The molecule has 1 unspecified atom stereocenters. The van der Waals surface area contributed by atoms with Gasteiger partial charge in [0.1, 0.15) is 6.04 Å². The average Bonchev–Trinajstić information content (AvgIpc) is 2.26. The van der Waals surface area contributed by atoms with Crippen LogP contribution in [0.4, 0.5) is 4.79 Å². The van der Waals surface area contributed by atoms with Crippen LogP contribution in [0.2, 0.25) is 0 Å². The van der Waals surface area contributed by atoms with Crippen LogP contribution < -0.4 is 10.6 Å². The summed E-state index contributed by atoms with van der Waals surface area (Å²) >= 11 is 1.65. The maximum atomic E-state index is 11.7. The molecular weight excluding hydrogens is 252 g/mol. The highest BCUT2D eigenvalue weighted by atomic mass is 32.2. The molecule has 0 fully saturated rings. The Labute approximate surface area is 113 Å². The molecule has 18 heavy (non-hydrogen) atoms. The third-order valence-corrected chi connectivity index (χ3v) is 3.24. The van der Waals surface area contributed by atoms with Gasteiger partial charge < -0.3 is 15.7 Å². The minimum Gasteiger partial charge on any atom is -0.480 e. The van der Waals surface area contributed by atoms with Gasteiger partial charge in [0, 0.05) is 11.8 Å². The zero-order valence-electron chi connectivity index (χ0n) is 11.5. The second-order valence-electron chi connectivity index (χ2n) is 4.70. The van der Waals surface area contributed by atoms with Gasteiger partial charge in [0.2, 0.25) is 0 Å². The fourth-order valence-electron chi connectivity index (χ4n) is 1.54. The minimum absolute atomic E-state index is 0.0773. The van der Waals surface area contributed by atoms with Gasteiger partial charge in [-0.25, -0.2) is 9.59 Å². The van der Waals surface area contributed by atoms with E-state index < -0.39 is 18.0 Å². The first kappa shape index (κ1) is 17.1. The fraction of sp³-hybridized carbons (Fsp3) is 0.833. The molecule has 0 aromatic carbocycles. The van der Waals surface area contributed by atoms with Crippen molar-refractivity contribution in [3.05, 3.63) is 0 Å². The van der Waals surface area contributed by atoms with Crippen LogP contribution >= 0.6 is 11.8 Å². The molecule has 2 atom stereocenters. The molecule has 0 aromatic rings. The summed E-state index contributed by atoms with van der Waals surface area (Å²) in [4.78, 5) is 22.7. The van der Waals surface area contributed by atoms with Crippen molar-refractivity contribution >= 4 is 23.8 Å². The van der Waals surface area contributed by atoms with E-state index in [2.05, 4.69) is 10.6 Å². The SMILES string of the molecule is CCC(CSC)NC(=O)N[C@H](CC(C)C)C(=O)O. The predicted octanol–water partition coefficient (Wildman–Crippen LogP) is 1.93. The Kier molecular flexibility index (Phi) is 8.62. The molecule has 0 spiro atoms. The van der Waals surface area contributed by atoms with E-state index in [1.165, 1.54) is 0 Å². The molecule has 0 aliphatic heterocycles. The molecule has 0 saturated carbocycles. The highest BCUT2D eigenvalue weighted by Gasteiger charge is 2.21. The summed E-state index contributed by atoms with van der Waals surface area (Å²) in [6.07, 6.45) is 3.24. The number of carbonyl (C=O) groups is 2. The van der Waals surface area contributed by atoms with Crippen LogP contribution in [-0.4, -0.2) is 41.2 Å². The number of rotatable bonds is 8. The van der Waals surface area contributed by atoms with E-state index in [4.69, 9.17) is 5.11 Å². The molecule has 5 nitrogen and oxygen atoms in total. The first-order valence-corrected chi connectivity index (χ1v) is 7.58. The van der Waals surface area contributed by atoms with Crippen molar-refractivity contribution in [3.8, 4) is 0 Å². The van der Waals surface area contributed by atoms with Crippen molar-refractivity contribution in [2.24, 2.45) is 5.92 Å². The largest absolute Gasteiger partial charge is 0.480 e. The van der Waals surface area contributed by atoms with Gasteiger partial charge in [-0.2, -0.15) is 11.8 Å². The Bertz CT molecular complexity index is 272. The zero-order valence-corrected chi connectivity index (χ0v) is 12.3. The number of hydrogen-bond donors (Lipinski definition) is 3. The van der Waals surface area contributed by atoms with Gasteiger partial charge in [-0.15, -0.1) is 0 Å². The third kappa shape index (κ3) is 7.42. The summed E-state index contributed by atoms with van der Waals surface area (Å²) in [6, 6.07) is -1.14. The Morgan fingerprint density at radius 1 is 1.28 bits per heavy atom. The van der Waals surface area contributed by atoms with Gasteiger partial charge >= 0.3 is 12.0 Å². The summed E-state index contributed by atoms with van der Waals surface area (Å²) in [7, 11) is 0. The third-order valence-electron chi connectivity index (χ3n) is 2.51. The van der Waals surface area contributed by atoms with Crippen LogP contribution in [-0.2, 0) is 4.79 Å². The lowest BCUT2D eigenvalue weighted by molar-refractivity contribution is -0.139. The first-order chi connectivity index (χ1) is 8.40. The smallest absolute Gasteiger partial charge is 0.326 e. The maximum absolute atomic E-state index is 11.7. The van der Waals surface area contributed by atoms with Crippen LogP contribution in [0.1, 0.15) is 33.6 Å². The molecule has 0 rings (SSSR count). The summed E-state index contributed by atoms with van der Waals surface area (Å²) in [6.45, 7) is 5.85. The van der Waals surface area contributed by atoms with Gasteiger partial charge in [0.15, 0.2) is 0 Å². The molecule has 3 N–H and O–H groups in total. The van der Waals surface area contributed by atoms with Crippen LogP contribution in [0.5, 0.6) is 0 Å². The molecule has 0 bridgehead atoms. The molecule has 0 saturated heterocycles. The second kappa shape index (κ2) is 9.08. The van der Waals surface area contributed by atoms with Crippen LogP contribution in [0, 0.1) is 5.92 Å². The number of nitrogens with one attached hydrogen (secondary N) is 2. The molecular formula is C12H24N2O3S. The van der Waals surface area contributed by atoms with Gasteiger partial charge in [-0.3, -0.25) is 0 Å². The van der Waals surface area contributed by atoms with Crippen molar-refractivity contribution in [1.29, 1.82) is 0 Å². The molecule has 6 heteroatoms. The topological polar surface area (TPSA) is 78.4 Å². The van der Waals surface area contributed by atoms with E-state index >= 15 is 0 Å². The number of hydrogen-bond acceptors (Lipinski definition) is 3. The summed E-state index contributed by atoms with van der Waals surface area (Å²) in [5, 5.41) is 14.3. The molecule has 106 valence electrons. The monoisotopic (exact) mass is 276 g/mol. The van der Waals surface area contributed by atoms with E-state index in [0.717, 1.165) is 12.2 Å². The van der Waals surface area contributed by atoms with E-state index in [1.54, 1.807) is 11.8 Å². The molecule has 0 aliphatic rings. The fourth-order valence-corrected chi connectivity index (χ4v) is 2.26. The predicted molar refractivity (Wildman–Crippen MR) is 75.0 cm³/mol. The van der Waals surface area contributed by atoms with E-state index in [-0.39, 0.29) is 12.0 Å². The highest BCUT2D eigenvalue weighted by Crippen LogP contribution is 2.05. The number of carboxylic acids is 1. The summed E-state index contributed by atoms with van der Waals surface area (Å²) in [5.74, 6) is 0.0580. The van der Waals surface area contributed by atoms with Crippen molar-refractivity contribution < 1.29 is 14.7 Å². The zero-order chi connectivity index (χ0) is 14.1. The Morgan fingerprint density at radius 3 is 2.28 bits per heavy atom. The minimum atomic E-state index is -0.989. The normalized spacial score (nSPS) is 14.1. The van der Waals surface area contributed by atoms with Crippen LogP contribution in [0.3, 0.4) is 0 Å². The van der Waals surface area contributed by atoms with E-state index in [1.807, 2.05) is 27.0 Å². The van der Waals surface area contributed by atoms with Crippen LogP contribution in [0.25, 0.3) is 0 Å². The lowest BCUT2D eigenvalue weighted by Gasteiger charge is -2.20. The van der Waals surface area contributed by atoms with Crippen molar-refractivity contribution in [2.75, 3.05) is 12.0 Å².